The minimum atomic E-state index is -0.875. The molecule has 2 heterocycles. The molecule has 0 bridgehead atoms. The van der Waals surface area contributed by atoms with E-state index in [-0.39, 0.29) is 16.7 Å². The van der Waals surface area contributed by atoms with E-state index in [0.29, 0.717) is 18.7 Å². The summed E-state index contributed by atoms with van der Waals surface area (Å²) in [6, 6.07) is 0. The van der Waals surface area contributed by atoms with Crippen molar-refractivity contribution >= 4 is 23.4 Å². The van der Waals surface area contributed by atoms with Crippen LogP contribution in [0.15, 0.2) is 9.73 Å². The van der Waals surface area contributed by atoms with Gasteiger partial charge in [0, 0.05) is 12.1 Å². The number of hydrazone groups is 1. The second kappa shape index (κ2) is 4.92. The highest BCUT2D eigenvalue weighted by molar-refractivity contribution is 6.02. The molecule has 1 aromatic rings. The number of esters is 1. The Labute approximate surface area is 106 Å². The van der Waals surface area contributed by atoms with E-state index in [1.807, 2.05) is 0 Å². The van der Waals surface area contributed by atoms with Crippen LogP contribution < -0.4 is 16.1 Å². The van der Waals surface area contributed by atoms with E-state index < -0.39 is 17.5 Å². The molecule has 10 nitrogen and oxygen atoms in total. The Morgan fingerprint density at radius 3 is 2.95 bits per heavy atom. The summed E-state index contributed by atoms with van der Waals surface area (Å²) in [7, 11) is 0. The summed E-state index contributed by atoms with van der Waals surface area (Å²) in [5.74, 6) is -2.10. The number of amides is 1. The summed E-state index contributed by atoms with van der Waals surface area (Å²) in [6.07, 6.45) is 0.501. The fraction of sp³-hybridized carbons (Fsp3) is 0.444. The first kappa shape index (κ1) is 12.8. The Morgan fingerprint density at radius 1 is 1.68 bits per heavy atom. The van der Waals surface area contributed by atoms with Crippen molar-refractivity contribution in [2.75, 3.05) is 12.3 Å². The van der Waals surface area contributed by atoms with E-state index >= 15 is 0 Å². The molecular formula is C9H11N5O5. The third kappa shape index (κ3) is 2.46. The van der Waals surface area contributed by atoms with Crippen LogP contribution in [0, 0.1) is 11.1 Å². The number of nitrogens with zero attached hydrogens (tertiary/aromatic N) is 3. The molecule has 1 aliphatic rings. The quantitative estimate of drug-likeness (QED) is 0.295. The molecule has 0 saturated carbocycles. The number of hydrogen-bond acceptors (Lipinski definition) is 8. The van der Waals surface area contributed by atoms with Crippen molar-refractivity contribution < 1.29 is 23.9 Å². The van der Waals surface area contributed by atoms with E-state index in [1.54, 1.807) is 6.92 Å². The first-order valence-corrected chi connectivity index (χ1v) is 5.37. The van der Waals surface area contributed by atoms with Gasteiger partial charge >= 0.3 is 23.4 Å². The summed E-state index contributed by atoms with van der Waals surface area (Å²) in [6.45, 7) is 1.89. The molecule has 0 aromatic carbocycles. The van der Waals surface area contributed by atoms with Crippen molar-refractivity contribution in [2.45, 2.75) is 13.3 Å². The van der Waals surface area contributed by atoms with E-state index in [2.05, 4.69) is 20.3 Å². The highest BCUT2D eigenvalue weighted by Gasteiger charge is 2.30. The number of carbonyl (C=O) groups is 2. The Balaban J connectivity index is 2.06. The number of nitrogens with one attached hydrogen (secondary N) is 1. The minimum absolute atomic E-state index is 0.126. The lowest BCUT2D eigenvalue weighted by molar-refractivity contribution is -0.803. The number of ether oxygens (including phenoxy) is 1. The van der Waals surface area contributed by atoms with Crippen LogP contribution in [-0.4, -0.2) is 29.4 Å². The van der Waals surface area contributed by atoms with E-state index in [9.17, 15) is 14.8 Å². The van der Waals surface area contributed by atoms with Gasteiger partial charge in [0.15, 0.2) is 0 Å². The molecule has 3 N–H and O–H groups in total. The number of cyclic esters (lactones) is 1. The zero-order chi connectivity index (χ0) is 14.0. The molecule has 1 amide bonds. The Hall–Kier alpha value is -2.65. The third-order valence-corrected chi connectivity index (χ3v) is 2.63. The van der Waals surface area contributed by atoms with Crippen LogP contribution in [0.4, 0.5) is 5.82 Å². The van der Waals surface area contributed by atoms with Gasteiger partial charge in [-0.2, -0.15) is 5.10 Å². The zero-order valence-corrected chi connectivity index (χ0v) is 9.95. The molecule has 0 aliphatic carbocycles. The molecule has 0 radical (unpaired) electrons. The van der Waals surface area contributed by atoms with Gasteiger partial charge in [-0.3, -0.25) is 14.2 Å². The highest BCUT2D eigenvalue weighted by Crippen LogP contribution is 2.15. The number of nitrogen functional groups attached to an aromatic ring is 1. The summed E-state index contributed by atoms with van der Waals surface area (Å²) < 4.78 is 8.92. The maximum absolute atomic E-state index is 11.6. The summed E-state index contributed by atoms with van der Waals surface area (Å²) >= 11 is 0. The van der Waals surface area contributed by atoms with E-state index in [0.717, 1.165) is 0 Å². The summed E-state index contributed by atoms with van der Waals surface area (Å²) in [5, 5.41) is 17.9. The normalized spacial score (nSPS) is 19.3. The smallest absolute Gasteiger partial charge is 0.322 e. The standard InChI is InChI=1S/C9H11N5O5/c1-4(5-2-3-18-9(5)16)11-12-8(15)6-7(10)13-19-14(6)17/h5H,2-3H2,1H3,(H2,10,13)(H,12,15)/b11-4+/t5-/m0/s1. The monoisotopic (exact) mass is 269 g/mol. The molecule has 2 rings (SSSR count). The van der Waals surface area contributed by atoms with Crippen molar-refractivity contribution in [2.24, 2.45) is 11.0 Å². The number of rotatable bonds is 3. The molecule has 10 heteroatoms. The van der Waals surface area contributed by atoms with Gasteiger partial charge in [0.25, 0.3) is 0 Å². The fourth-order valence-corrected chi connectivity index (χ4v) is 1.60. The largest absolute Gasteiger partial charge is 0.465 e. The van der Waals surface area contributed by atoms with Crippen LogP contribution in [0.1, 0.15) is 23.8 Å². The van der Waals surface area contributed by atoms with Gasteiger partial charge in [-0.1, -0.05) is 0 Å². The molecule has 0 spiro atoms. The molecule has 0 unspecified atom stereocenters. The average Bonchev–Trinajstić information content (AvgIpc) is 2.93. The number of aromatic nitrogens is 2. The molecular weight excluding hydrogens is 258 g/mol. The Bertz CT molecular complexity index is 532. The Morgan fingerprint density at radius 2 is 2.42 bits per heavy atom. The van der Waals surface area contributed by atoms with E-state index in [1.165, 1.54) is 0 Å². The predicted octanol–water partition coefficient (Wildman–Crippen LogP) is -1.44. The van der Waals surface area contributed by atoms with Crippen molar-refractivity contribution in [3.05, 3.63) is 10.9 Å². The van der Waals surface area contributed by atoms with Crippen LogP contribution >= 0.6 is 0 Å². The third-order valence-electron chi connectivity index (χ3n) is 2.63. The molecule has 1 atom stereocenters. The highest BCUT2D eigenvalue weighted by atomic mass is 16.8. The maximum atomic E-state index is 11.6. The van der Waals surface area contributed by atoms with Crippen LogP contribution in [0.3, 0.4) is 0 Å². The predicted molar refractivity (Wildman–Crippen MR) is 59.5 cm³/mol. The SMILES string of the molecule is C/C(=N\NC(=O)c1c(N)no[n+]1[O-])[C@@H]1CCOC1=O. The number of anilines is 1. The topological polar surface area (TPSA) is 147 Å². The first-order chi connectivity index (χ1) is 9.00. The van der Waals surface area contributed by atoms with Gasteiger partial charge in [-0.05, 0) is 11.8 Å². The van der Waals surface area contributed by atoms with Crippen LogP contribution in [0.2, 0.25) is 0 Å². The van der Waals surface area contributed by atoms with Crippen molar-refractivity contribution in [1.29, 1.82) is 0 Å². The summed E-state index contributed by atoms with van der Waals surface area (Å²) in [5.41, 5.74) is 7.27. The zero-order valence-electron chi connectivity index (χ0n) is 9.95. The van der Waals surface area contributed by atoms with Gasteiger partial charge in [-0.15, -0.1) is 0 Å². The lowest BCUT2D eigenvalue weighted by atomic mass is 10.0. The molecule has 19 heavy (non-hydrogen) atoms. The van der Waals surface area contributed by atoms with Crippen molar-refractivity contribution in [1.82, 2.24) is 10.6 Å². The van der Waals surface area contributed by atoms with Gasteiger partial charge in [0.05, 0.1) is 17.7 Å². The lowest BCUT2D eigenvalue weighted by Gasteiger charge is -2.04. The molecule has 1 aromatic heterocycles. The second-order valence-electron chi connectivity index (χ2n) is 3.87. The van der Waals surface area contributed by atoms with Crippen LogP contribution in [0.25, 0.3) is 0 Å². The van der Waals surface area contributed by atoms with Crippen LogP contribution in [0.5, 0.6) is 0 Å². The minimum Gasteiger partial charge on any atom is -0.465 e. The average molecular weight is 269 g/mol. The summed E-state index contributed by atoms with van der Waals surface area (Å²) in [4.78, 5) is 22.8. The number of nitrogens with two attached hydrogens (primary N) is 1. The van der Waals surface area contributed by atoms with E-state index in [4.69, 9.17) is 10.5 Å². The number of carbonyl (C=O) groups excluding carboxylic acids is 2. The molecule has 1 aliphatic heterocycles. The van der Waals surface area contributed by atoms with Gasteiger partial charge < -0.3 is 15.7 Å². The molecule has 102 valence electrons. The second-order valence-corrected chi connectivity index (χ2v) is 3.87. The first-order valence-electron chi connectivity index (χ1n) is 5.37. The molecule has 1 saturated heterocycles. The maximum Gasteiger partial charge on any atom is 0.322 e. The molecule has 1 fully saturated rings. The van der Waals surface area contributed by atoms with Crippen molar-refractivity contribution in [3.63, 3.8) is 0 Å². The van der Waals surface area contributed by atoms with Gasteiger partial charge in [0.1, 0.15) is 0 Å². The number of hydrogen-bond donors (Lipinski definition) is 2. The van der Waals surface area contributed by atoms with Crippen molar-refractivity contribution in [3.8, 4) is 0 Å². The van der Waals surface area contributed by atoms with Gasteiger partial charge in [-0.25, -0.2) is 5.43 Å². The van der Waals surface area contributed by atoms with Crippen LogP contribution in [-0.2, 0) is 9.53 Å². The Kier molecular flexibility index (Phi) is 3.31. The fourth-order valence-electron chi connectivity index (χ4n) is 1.60. The lowest BCUT2D eigenvalue weighted by Crippen LogP contribution is -2.36. The van der Waals surface area contributed by atoms with Gasteiger partial charge in [0.2, 0.25) is 0 Å².